The summed E-state index contributed by atoms with van der Waals surface area (Å²) in [7, 11) is 1.29. The summed E-state index contributed by atoms with van der Waals surface area (Å²) in [5.41, 5.74) is 0. The molecule has 0 N–H and O–H groups in total. The Labute approximate surface area is 55.3 Å². The quantitative estimate of drug-likeness (QED) is 0.324. The van der Waals surface area contributed by atoms with Crippen LogP contribution in [0.2, 0.25) is 0 Å². The highest BCUT2D eigenvalue weighted by atomic mass is 32.1. The first kappa shape index (κ1) is 7.94. The van der Waals surface area contributed by atoms with Crippen molar-refractivity contribution in [1.82, 2.24) is 0 Å². The molecule has 0 spiro atoms. The van der Waals surface area contributed by atoms with Crippen molar-refractivity contribution in [2.75, 3.05) is 14.2 Å². The zero-order valence-electron chi connectivity index (χ0n) is 4.75. The van der Waals surface area contributed by atoms with Crippen molar-refractivity contribution in [2.45, 2.75) is 0 Å². The molecule has 5 heteroatoms. The van der Waals surface area contributed by atoms with Crippen LogP contribution in [0, 0.1) is 0 Å². The predicted molar refractivity (Wildman–Crippen MR) is 36.2 cm³/mol. The number of hydrogen-bond donors (Lipinski definition) is 0. The molecule has 0 radical (unpaired) electrons. The molecule has 8 heavy (non-hydrogen) atoms. The standard InChI is InChI=1S/C3H7NO2SSi/c1-5-8(6-2)4-3-7/h8H,1-2H3. The van der Waals surface area contributed by atoms with Crippen molar-refractivity contribution in [3.05, 3.63) is 0 Å². The van der Waals surface area contributed by atoms with E-state index >= 15 is 0 Å². The summed E-state index contributed by atoms with van der Waals surface area (Å²) in [5.74, 6) is 0. The fourth-order valence-corrected chi connectivity index (χ4v) is 0.992. The first-order chi connectivity index (χ1) is 3.85. The Morgan fingerprint density at radius 2 is 2.00 bits per heavy atom. The minimum absolute atomic E-state index is 1.54. The fraction of sp³-hybridized carbons (Fsp3) is 0.667. The lowest BCUT2D eigenvalue weighted by Gasteiger charge is -1.99. The van der Waals surface area contributed by atoms with Crippen LogP contribution in [0.15, 0.2) is 4.66 Å². The monoisotopic (exact) mass is 149 g/mol. The van der Waals surface area contributed by atoms with E-state index < -0.39 is 9.45 Å². The Hall–Kier alpha value is -0.0631. The van der Waals surface area contributed by atoms with Crippen LogP contribution in [0.1, 0.15) is 0 Å². The minimum atomic E-state index is -1.78. The number of nitrogens with zero attached hydrogens (tertiary/aromatic N) is 1. The SMILES string of the molecule is CO[SiH](N=C=S)OC. The van der Waals surface area contributed by atoms with E-state index in [1.54, 1.807) is 0 Å². The Bertz CT molecular complexity index is 99.5. The van der Waals surface area contributed by atoms with Gasteiger partial charge in [0.15, 0.2) is 0 Å². The molecule has 0 saturated carbocycles. The zero-order valence-corrected chi connectivity index (χ0v) is 6.72. The summed E-state index contributed by atoms with van der Waals surface area (Å²) in [6.45, 7) is 0. The number of thiocarbonyl (C=S) groups is 1. The second-order valence-electron chi connectivity index (χ2n) is 0.999. The summed E-state index contributed by atoms with van der Waals surface area (Å²) in [6, 6.07) is 0. The number of isothiocyanates is 1. The molecule has 0 aliphatic carbocycles. The highest BCUT2D eigenvalue weighted by Gasteiger charge is 2.03. The Morgan fingerprint density at radius 3 is 2.12 bits per heavy atom. The van der Waals surface area contributed by atoms with Gasteiger partial charge in [-0.25, -0.2) is 4.66 Å². The first-order valence-corrected chi connectivity index (χ1v) is 3.84. The average Bonchev–Trinajstić information content (AvgIpc) is 1.83. The highest BCUT2D eigenvalue weighted by Crippen LogP contribution is 1.82. The second kappa shape index (κ2) is 5.08. The summed E-state index contributed by atoms with van der Waals surface area (Å²) in [6.07, 6.45) is 0. The molecule has 0 saturated heterocycles. The fourth-order valence-electron chi connectivity index (χ4n) is 0.245. The maximum absolute atomic E-state index is 4.76. The van der Waals surface area contributed by atoms with Gasteiger partial charge in [0, 0.05) is 14.2 Å². The highest BCUT2D eigenvalue weighted by molar-refractivity contribution is 7.78. The molecule has 0 unspecified atom stereocenters. The molecule has 0 rings (SSSR count). The van der Waals surface area contributed by atoms with Gasteiger partial charge in [-0.3, -0.25) is 0 Å². The third-order valence-electron chi connectivity index (χ3n) is 0.561. The molecular weight excluding hydrogens is 142 g/mol. The van der Waals surface area contributed by atoms with Crippen LogP contribution < -0.4 is 0 Å². The smallest absolute Gasteiger partial charge is 0.383 e. The minimum Gasteiger partial charge on any atom is -0.383 e. The second-order valence-corrected chi connectivity index (χ2v) is 3.00. The third kappa shape index (κ3) is 3.01. The van der Waals surface area contributed by atoms with Crippen molar-refractivity contribution in [1.29, 1.82) is 0 Å². The van der Waals surface area contributed by atoms with Crippen molar-refractivity contribution in [2.24, 2.45) is 4.66 Å². The van der Waals surface area contributed by atoms with E-state index in [9.17, 15) is 0 Å². The maximum Gasteiger partial charge on any atom is 0.469 e. The van der Waals surface area contributed by atoms with Crippen molar-refractivity contribution in [3.63, 3.8) is 0 Å². The lowest BCUT2D eigenvalue weighted by molar-refractivity contribution is 0.280. The molecule has 0 heterocycles. The van der Waals surface area contributed by atoms with E-state index in [2.05, 4.69) is 22.0 Å². The van der Waals surface area contributed by atoms with Crippen molar-refractivity contribution >= 4 is 26.8 Å². The summed E-state index contributed by atoms with van der Waals surface area (Å²) in [5, 5.41) is 2.19. The molecule has 0 aliphatic rings. The van der Waals surface area contributed by atoms with Gasteiger partial charge in [0.2, 0.25) is 0 Å². The largest absolute Gasteiger partial charge is 0.469 e. The molecule has 0 fully saturated rings. The van der Waals surface area contributed by atoms with E-state index in [1.165, 1.54) is 14.2 Å². The van der Waals surface area contributed by atoms with E-state index in [-0.39, 0.29) is 0 Å². The van der Waals surface area contributed by atoms with Crippen LogP contribution in [0.25, 0.3) is 0 Å². The summed E-state index contributed by atoms with van der Waals surface area (Å²) in [4.78, 5) is 0. The third-order valence-corrected chi connectivity index (χ3v) is 2.00. The molecule has 0 aromatic heterocycles. The van der Waals surface area contributed by atoms with Crippen molar-refractivity contribution in [3.8, 4) is 0 Å². The lowest BCUT2D eigenvalue weighted by atomic mass is 11.8. The van der Waals surface area contributed by atoms with Gasteiger partial charge in [-0.1, -0.05) is 0 Å². The van der Waals surface area contributed by atoms with E-state index in [4.69, 9.17) is 8.85 Å². The van der Waals surface area contributed by atoms with Crippen LogP contribution in [0.3, 0.4) is 0 Å². The van der Waals surface area contributed by atoms with Crippen LogP contribution >= 0.6 is 12.2 Å². The maximum atomic E-state index is 4.76. The van der Waals surface area contributed by atoms with Gasteiger partial charge < -0.3 is 8.85 Å². The van der Waals surface area contributed by atoms with Gasteiger partial charge in [0.05, 0.1) is 5.16 Å². The van der Waals surface area contributed by atoms with E-state index in [0.717, 1.165) is 0 Å². The Morgan fingerprint density at radius 1 is 1.50 bits per heavy atom. The average molecular weight is 149 g/mol. The summed E-state index contributed by atoms with van der Waals surface area (Å²) < 4.78 is 13.1. The van der Waals surface area contributed by atoms with Crippen molar-refractivity contribution < 1.29 is 8.85 Å². The Kier molecular flexibility index (Phi) is 5.04. The first-order valence-electron chi connectivity index (χ1n) is 1.97. The number of rotatable bonds is 3. The molecule has 46 valence electrons. The molecule has 0 bridgehead atoms. The molecule has 3 nitrogen and oxygen atoms in total. The molecule has 0 atom stereocenters. The van der Waals surface area contributed by atoms with Crippen LogP contribution in [-0.2, 0) is 8.85 Å². The molecule has 0 aliphatic heterocycles. The van der Waals surface area contributed by atoms with Gasteiger partial charge in [0.25, 0.3) is 0 Å². The molecule has 0 aromatic carbocycles. The van der Waals surface area contributed by atoms with Crippen LogP contribution in [0.5, 0.6) is 0 Å². The Balaban J connectivity index is 3.52. The molecule has 0 aromatic rings. The van der Waals surface area contributed by atoms with Gasteiger partial charge in [-0.15, -0.1) is 0 Å². The van der Waals surface area contributed by atoms with Crippen LogP contribution in [0.4, 0.5) is 0 Å². The lowest BCUT2D eigenvalue weighted by Crippen LogP contribution is -2.15. The molecular formula is C3H7NO2SSi. The normalized spacial score (nSPS) is 8.88. The van der Waals surface area contributed by atoms with Gasteiger partial charge in [-0.2, -0.15) is 0 Å². The van der Waals surface area contributed by atoms with Gasteiger partial charge in [-0.05, 0) is 12.2 Å². The van der Waals surface area contributed by atoms with Gasteiger partial charge in [0.1, 0.15) is 0 Å². The predicted octanol–water partition coefficient (Wildman–Crippen LogP) is 0.0992. The topological polar surface area (TPSA) is 30.8 Å². The van der Waals surface area contributed by atoms with E-state index in [0.29, 0.717) is 0 Å². The zero-order chi connectivity index (χ0) is 6.41. The number of hydrogen-bond acceptors (Lipinski definition) is 4. The van der Waals surface area contributed by atoms with E-state index in [1.807, 2.05) is 0 Å². The molecule has 0 amide bonds. The summed E-state index contributed by atoms with van der Waals surface area (Å²) >= 11 is 4.32. The van der Waals surface area contributed by atoms with Gasteiger partial charge >= 0.3 is 9.45 Å². The van der Waals surface area contributed by atoms with Crippen LogP contribution in [-0.4, -0.2) is 28.8 Å².